The Bertz CT molecular complexity index is 955. The van der Waals surface area contributed by atoms with Crippen LogP contribution >= 0.6 is 0 Å². The molecule has 6 nitrogen and oxygen atoms in total. The third kappa shape index (κ3) is 4.20. The Morgan fingerprint density at radius 3 is 2.50 bits per heavy atom. The van der Waals surface area contributed by atoms with E-state index in [1.807, 2.05) is 32.0 Å². The molecule has 150 valence electrons. The summed E-state index contributed by atoms with van der Waals surface area (Å²) in [4.78, 5) is 0.290. The topological polar surface area (TPSA) is 82.5 Å². The Kier molecular flexibility index (Phi) is 6.05. The number of nitrogens with zero attached hydrogens (tertiary/aromatic N) is 1. The molecule has 1 aliphatic heterocycles. The van der Waals surface area contributed by atoms with Gasteiger partial charge in [0.1, 0.15) is 11.6 Å². The molecule has 1 saturated heterocycles. The Morgan fingerprint density at radius 1 is 1.18 bits per heavy atom. The highest BCUT2D eigenvalue weighted by molar-refractivity contribution is 7.89. The van der Waals surface area contributed by atoms with Crippen molar-refractivity contribution in [2.24, 2.45) is 0 Å². The Balaban J connectivity index is 1.74. The molecule has 0 radical (unpaired) electrons. The minimum absolute atomic E-state index is 0.0306. The zero-order valence-electron chi connectivity index (χ0n) is 16.5. The minimum atomic E-state index is -3.48. The summed E-state index contributed by atoms with van der Waals surface area (Å²) in [6.07, 6.45) is 2.88. The van der Waals surface area contributed by atoms with Gasteiger partial charge in [-0.2, -0.15) is 4.31 Å². The second-order valence-electron chi connectivity index (χ2n) is 7.17. The molecule has 1 fully saturated rings. The van der Waals surface area contributed by atoms with Crippen LogP contribution in [0.25, 0.3) is 0 Å². The van der Waals surface area contributed by atoms with E-state index < -0.39 is 10.0 Å². The van der Waals surface area contributed by atoms with Gasteiger partial charge < -0.3 is 10.1 Å². The van der Waals surface area contributed by atoms with Crippen molar-refractivity contribution in [2.75, 3.05) is 19.0 Å². The van der Waals surface area contributed by atoms with Crippen LogP contribution in [0.2, 0.25) is 0 Å². The van der Waals surface area contributed by atoms with E-state index >= 15 is 0 Å². The summed E-state index contributed by atoms with van der Waals surface area (Å²) in [5, 5.41) is 11.3. The lowest BCUT2D eigenvalue weighted by molar-refractivity contribution is 0.268. The number of aryl methyl sites for hydroxylation is 1. The third-order valence-electron chi connectivity index (χ3n) is 5.16. The van der Waals surface area contributed by atoms with Crippen LogP contribution < -0.4 is 10.1 Å². The predicted octanol–water partition coefficient (Wildman–Crippen LogP) is 4.00. The van der Waals surface area contributed by atoms with Gasteiger partial charge >= 0.3 is 0 Å². The van der Waals surface area contributed by atoms with E-state index in [-0.39, 0.29) is 11.9 Å². The lowest BCUT2D eigenvalue weighted by atomic mass is 10.1. The Labute approximate surface area is 167 Å². The third-order valence-corrected chi connectivity index (χ3v) is 7.18. The first-order valence-corrected chi connectivity index (χ1v) is 10.9. The van der Waals surface area contributed by atoms with Crippen molar-refractivity contribution in [1.82, 2.24) is 4.31 Å². The summed E-state index contributed by atoms with van der Waals surface area (Å²) in [5.74, 6) is 1.02. The molecule has 0 saturated carbocycles. The van der Waals surface area contributed by atoms with Crippen LogP contribution in [0.5, 0.6) is 5.75 Å². The molecule has 1 unspecified atom stereocenters. The van der Waals surface area contributed by atoms with Gasteiger partial charge in [-0.1, -0.05) is 6.42 Å². The van der Waals surface area contributed by atoms with Gasteiger partial charge in [0.05, 0.1) is 12.0 Å². The molecule has 2 N–H and O–H groups in total. The van der Waals surface area contributed by atoms with E-state index in [0.29, 0.717) is 17.1 Å². The average Bonchev–Trinajstić information content (AvgIpc) is 2.68. The maximum Gasteiger partial charge on any atom is 0.243 e. The average molecular weight is 402 g/mol. The smallest absolute Gasteiger partial charge is 0.243 e. The summed E-state index contributed by atoms with van der Waals surface area (Å²) in [6.45, 7) is 4.46. The molecule has 0 aromatic heterocycles. The monoisotopic (exact) mass is 401 g/mol. The van der Waals surface area contributed by atoms with Crippen LogP contribution in [0.1, 0.15) is 37.3 Å². The van der Waals surface area contributed by atoms with Crippen LogP contribution in [0, 0.1) is 12.3 Å². The Hall–Kier alpha value is -2.38. The van der Waals surface area contributed by atoms with E-state index in [4.69, 9.17) is 10.1 Å². The number of piperidine rings is 1. The number of hydrogen-bond donors (Lipinski definition) is 2. The van der Waals surface area contributed by atoms with Gasteiger partial charge in [0.15, 0.2) is 0 Å². The molecule has 7 heteroatoms. The van der Waals surface area contributed by atoms with Crippen molar-refractivity contribution < 1.29 is 13.2 Å². The van der Waals surface area contributed by atoms with Gasteiger partial charge in [0, 0.05) is 23.8 Å². The SMILES string of the molecule is COc1ccc(C(=N)Nc2ccc(S(=O)(=O)N3CCCCC3C)cc2)cc1C. The molecule has 2 aromatic rings. The van der Waals surface area contributed by atoms with Crippen molar-refractivity contribution in [2.45, 2.75) is 44.0 Å². The molecule has 1 heterocycles. The van der Waals surface area contributed by atoms with Crippen LogP contribution in [-0.2, 0) is 10.0 Å². The van der Waals surface area contributed by atoms with Crippen LogP contribution in [-0.4, -0.2) is 38.3 Å². The standard InChI is InChI=1S/C21H27N3O3S/c1-15-14-17(7-12-20(15)27-3)21(22)23-18-8-10-19(11-9-18)28(25,26)24-13-5-4-6-16(24)2/h7-12,14,16H,4-6,13H2,1-3H3,(H2,22,23). The summed E-state index contributed by atoms with van der Waals surface area (Å²) in [5.41, 5.74) is 2.35. The van der Waals surface area contributed by atoms with Gasteiger partial charge in [-0.15, -0.1) is 0 Å². The van der Waals surface area contributed by atoms with Crippen molar-refractivity contribution in [3.8, 4) is 5.75 Å². The molecular formula is C21H27N3O3S. The number of methoxy groups -OCH3 is 1. The molecule has 28 heavy (non-hydrogen) atoms. The Morgan fingerprint density at radius 2 is 1.89 bits per heavy atom. The highest BCUT2D eigenvalue weighted by atomic mass is 32.2. The van der Waals surface area contributed by atoms with Crippen molar-refractivity contribution in [1.29, 1.82) is 5.41 Å². The van der Waals surface area contributed by atoms with Crippen molar-refractivity contribution in [3.63, 3.8) is 0 Å². The van der Waals surface area contributed by atoms with Gasteiger partial charge in [-0.3, -0.25) is 5.41 Å². The van der Waals surface area contributed by atoms with Crippen LogP contribution in [0.3, 0.4) is 0 Å². The van der Waals surface area contributed by atoms with E-state index in [1.165, 1.54) is 0 Å². The van der Waals surface area contributed by atoms with Crippen LogP contribution in [0.4, 0.5) is 5.69 Å². The fourth-order valence-electron chi connectivity index (χ4n) is 3.52. The fraction of sp³-hybridized carbons (Fsp3) is 0.381. The first-order chi connectivity index (χ1) is 13.3. The summed E-state index contributed by atoms with van der Waals surface area (Å²) >= 11 is 0. The molecule has 0 amide bonds. The van der Waals surface area contributed by atoms with E-state index in [9.17, 15) is 8.42 Å². The summed E-state index contributed by atoms with van der Waals surface area (Å²) in [6, 6.07) is 12.2. The molecular weight excluding hydrogens is 374 g/mol. The number of hydrogen-bond acceptors (Lipinski definition) is 4. The highest BCUT2D eigenvalue weighted by Crippen LogP contribution is 2.26. The van der Waals surface area contributed by atoms with Crippen molar-refractivity contribution >= 4 is 21.5 Å². The molecule has 3 rings (SSSR count). The number of benzene rings is 2. The zero-order valence-corrected chi connectivity index (χ0v) is 17.3. The van der Waals surface area contributed by atoms with Gasteiger partial charge in [0.25, 0.3) is 0 Å². The second-order valence-corrected chi connectivity index (χ2v) is 9.06. The number of rotatable bonds is 5. The normalized spacial score (nSPS) is 17.9. The van der Waals surface area contributed by atoms with Crippen LogP contribution in [0.15, 0.2) is 47.4 Å². The fourth-order valence-corrected chi connectivity index (χ4v) is 5.22. The summed E-state index contributed by atoms with van der Waals surface area (Å²) < 4.78 is 32.7. The minimum Gasteiger partial charge on any atom is -0.496 e. The number of nitrogens with one attached hydrogen (secondary N) is 2. The number of amidine groups is 1. The van der Waals surface area contributed by atoms with Crippen molar-refractivity contribution in [3.05, 3.63) is 53.6 Å². The first kappa shape index (κ1) is 20.4. The summed E-state index contributed by atoms with van der Waals surface area (Å²) in [7, 11) is -1.87. The predicted molar refractivity (Wildman–Crippen MR) is 112 cm³/mol. The molecule has 1 atom stereocenters. The molecule has 0 spiro atoms. The largest absolute Gasteiger partial charge is 0.496 e. The van der Waals surface area contributed by atoms with Gasteiger partial charge in [-0.25, -0.2) is 8.42 Å². The number of sulfonamides is 1. The molecule has 1 aliphatic rings. The number of ether oxygens (including phenoxy) is 1. The zero-order chi connectivity index (χ0) is 20.3. The molecule has 0 aliphatic carbocycles. The lowest BCUT2D eigenvalue weighted by Crippen LogP contribution is -2.41. The molecule has 2 aromatic carbocycles. The quantitative estimate of drug-likeness (QED) is 0.586. The maximum atomic E-state index is 12.9. The highest BCUT2D eigenvalue weighted by Gasteiger charge is 2.30. The van der Waals surface area contributed by atoms with E-state index in [2.05, 4.69) is 5.32 Å². The number of anilines is 1. The van der Waals surface area contributed by atoms with E-state index in [1.54, 1.807) is 35.7 Å². The maximum absolute atomic E-state index is 12.9. The first-order valence-electron chi connectivity index (χ1n) is 9.45. The van der Waals surface area contributed by atoms with Gasteiger partial charge in [-0.05, 0) is 74.7 Å². The molecule has 0 bridgehead atoms. The van der Waals surface area contributed by atoms with E-state index in [0.717, 1.165) is 36.1 Å². The lowest BCUT2D eigenvalue weighted by Gasteiger charge is -2.32. The van der Waals surface area contributed by atoms with Gasteiger partial charge in [0.2, 0.25) is 10.0 Å². The second kappa shape index (κ2) is 8.32.